The predicted octanol–water partition coefficient (Wildman–Crippen LogP) is 5.93. The molecule has 1 N–H and O–H groups in total. The zero-order chi connectivity index (χ0) is 26.8. The molecule has 0 spiro atoms. The fourth-order valence-electron chi connectivity index (χ4n) is 4.47. The molecule has 2 aromatic carbocycles. The Hall–Kier alpha value is -3.43. The monoisotopic (exact) mass is 520 g/mol. The lowest BCUT2D eigenvalue weighted by Crippen LogP contribution is -2.45. The minimum absolute atomic E-state index is 0.00347. The smallest absolute Gasteiger partial charge is 0.427 e. The summed E-state index contributed by atoms with van der Waals surface area (Å²) in [6, 6.07) is 14.7. The first-order valence-electron chi connectivity index (χ1n) is 12.2. The van der Waals surface area contributed by atoms with Crippen molar-refractivity contribution in [3.05, 3.63) is 54.1 Å². The number of carbonyl (C=O) groups is 2. The molecule has 0 aromatic heterocycles. The molecule has 2 aliphatic rings. The third-order valence-electron chi connectivity index (χ3n) is 6.81. The summed E-state index contributed by atoms with van der Waals surface area (Å²) in [6.45, 7) is 2.62. The number of halogens is 3. The Labute approximate surface area is 213 Å². The number of amides is 1. The average Bonchev–Trinajstić information content (AvgIpc) is 3.67. The molecule has 0 radical (unpaired) electrons. The number of carbonyl (C=O) groups excluding carboxylic acids is 2. The van der Waals surface area contributed by atoms with Gasteiger partial charge in [0, 0.05) is 18.2 Å². The fourth-order valence-corrected chi connectivity index (χ4v) is 4.47. The highest BCUT2D eigenvalue weighted by molar-refractivity contribution is 5.86. The van der Waals surface area contributed by atoms with Gasteiger partial charge in [-0.25, -0.2) is 4.79 Å². The van der Waals surface area contributed by atoms with Gasteiger partial charge in [0.05, 0.1) is 25.8 Å². The number of anilines is 2. The Balaban J connectivity index is 1.58. The third-order valence-corrected chi connectivity index (χ3v) is 6.81. The van der Waals surface area contributed by atoms with Gasteiger partial charge in [0.15, 0.2) is 0 Å². The van der Waals surface area contributed by atoms with Crippen molar-refractivity contribution < 1.29 is 37.0 Å². The number of hydrogen-bond acceptors (Lipinski definition) is 6. The number of methoxy groups -OCH3 is 1. The summed E-state index contributed by atoms with van der Waals surface area (Å²) in [4.78, 5) is 26.5. The Bertz CT molecular complexity index is 1120. The number of rotatable bonds is 8. The number of esters is 1. The number of alkyl halides is 3. The quantitative estimate of drug-likeness (QED) is 0.435. The molecule has 4 rings (SSSR count). The van der Waals surface area contributed by atoms with Crippen LogP contribution in [-0.4, -0.2) is 43.6 Å². The molecule has 1 saturated carbocycles. The highest BCUT2D eigenvalue weighted by Crippen LogP contribution is 2.45. The highest BCUT2D eigenvalue weighted by atomic mass is 19.4. The maximum Gasteiger partial charge on any atom is 0.427 e. The summed E-state index contributed by atoms with van der Waals surface area (Å²) in [5, 5.41) is 2.40. The largest absolute Gasteiger partial charge is 0.486 e. The maximum absolute atomic E-state index is 13.1. The van der Waals surface area contributed by atoms with E-state index in [1.54, 1.807) is 18.2 Å². The number of fused-ring (bicyclic) bond motifs is 1. The van der Waals surface area contributed by atoms with E-state index in [1.807, 2.05) is 30.3 Å². The van der Waals surface area contributed by atoms with Crippen LogP contribution in [0.25, 0.3) is 0 Å². The minimum atomic E-state index is -4.71. The summed E-state index contributed by atoms with van der Waals surface area (Å²) in [6.07, 6.45) is -3.84. The SMILES string of the molecule is COC(=O)CC(C1CC1)C1CN(Cc2ccccc2)c2cc(NC(=O)OC(C)(C)C(F)(F)F)ccc2O1. The molecule has 0 bridgehead atoms. The van der Waals surface area contributed by atoms with E-state index in [0.717, 1.165) is 32.3 Å². The minimum Gasteiger partial charge on any atom is -0.486 e. The van der Waals surface area contributed by atoms with Crippen molar-refractivity contribution in [3.8, 4) is 5.75 Å². The van der Waals surface area contributed by atoms with Gasteiger partial charge in [-0.3, -0.25) is 10.1 Å². The maximum atomic E-state index is 13.1. The second kappa shape index (κ2) is 10.5. The number of nitrogens with one attached hydrogen (secondary N) is 1. The molecule has 0 saturated heterocycles. The van der Waals surface area contributed by atoms with Crippen LogP contribution >= 0.6 is 0 Å². The molecule has 7 nitrogen and oxygen atoms in total. The van der Waals surface area contributed by atoms with Crippen LogP contribution < -0.4 is 15.0 Å². The van der Waals surface area contributed by atoms with E-state index < -0.39 is 17.9 Å². The fraction of sp³-hybridized carbons (Fsp3) is 0.481. The molecule has 1 aliphatic carbocycles. The van der Waals surface area contributed by atoms with Gasteiger partial charge in [-0.1, -0.05) is 30.3 Å². The van der Waals surface area contributed by atoms with Crippen molar-refractivity contribution in [2.45, 2.75) is 57.5 Å². The number of ether oxygens (including phenoxy) is 3. The Morgan fingerprint density at radius 2 is 1.84 bits per heavy atom. The van der Waals surface area contributed by atoms with Crippen molar-refractivity contribution >= 4 is 23.4 Å². The van der Waals surface area contributed by atoms with Crippen molar-refractivity contribution in [1.29, 1.82) is 0 Å². The van der Waals surface area contributed by atoms with E-state index in [4.69, 9.17) is 9.47 Å². The van der Waals surface area contributed by atoms with Crippen LogP contribution in [0.15, 0.2) is 48.5 Å². The summed E-state index contributed by atoms with van der Waals surface area (Å²) >= 11 is 0. The van der Waals surface area contributed by atoms with Gasteiger partial charge in [-0.05, 0) is 56.4 Å². The first-order valence-corrected chi connectivity index (χ1v) is 12.2. The summed E-state index contributed by atoms with van der Waals surface area (Å²) < 4.78 is 55.3. The van der Waals surface area contributed by atoms with Gasteiger partial charge in [0.25, 0.3) is 0 Å². The number of nitrogens with zero attached hydrogens (tertiary/aromatic N) is 1. The molecule has 2 unspecified atom stereocenters. The molecule has 1 heterocycles. The van der Waals surface area contributed by atoms with Crippen LogP contribution in [0.2, 0.25) is 0 Å². The van der Waals surface area contributed by atoms with Gasteiger partial charge < -0.3 is 19.1 Å². The van der Waals surface area contributed by atoms with Gasteiger partial charge >= 0.3 is 18.2 Å². The zero-order valence-corrected chi connectivity index (χ0v) is 21.0. The zero-order valence-electron chi connectivity index (χ0n) is 21.0. The van der Waals surface area contributed by atoms with Gasteiger partial charge in [0.1, 0.15) is 11.9 Å². The molecule has 2 aromatic rings. The topological polar surface area (TPSA) is 77.1 Å². The number of benzene rings is 2. The second-order valence-corrected chi connectivity index (χ2v) is 10.0. The van der Waals surface area contributed by atoms with E-state index in [0.29, 0.717) is 30.4 Å². The standard InChI is InChI=1S/C27H31F3N2O5/c1-26(2,27(28,29)30)37-25(34)31-19-11-12-22-21(13-19)32(15-17-7-5-4-6-8-17)16-23(36-22)20(18-9-10-18)14-24(33)35-3/h4-8,11-13,18,20,23H,9-10,14-16H2,1-3H3,(H,31,34). The van der Waals surface area contributed by atoms with Crippen molar-refractivity contribution in [2.24, 2.45) is 11.8 Å². The molecular formula is C27H31F3N2O5. The summed E-state index contributed by atoms with van der Waals surface area (Å²) in [7, 11) is 1.38. The van der Waals surface area contributed by atoms with E-state index in [2.05, 4.69) is 15.0 Å². The van der Waals surface area contributed by atoms with Gasteiger partial charge in [-0.2, -0.15) is 13.2 Å². The Morgan fingerprint density at radius 3 is 2.46 bits per heavy atom. The highest BCUT2D eigenvalue weighted by Gasteiger charge is 2.51. The molecule has 2 atom stereocenters. The summed E-state index contributed by atoms with van der Waals surface area (Å²) in [5.74, 6) is 0.672. The van der Waals surface area contributed by atoms with Crippen LogP contribution in [0, 0.1) is 11.8 Å². The first-order chi connectivity index (χ1) is 17.5. The van der Waals surface area contributed by atoms with Crippen LogP contribution in [0.3, 0.4) is 0 Å². The van der Waals surface area contributed by atoms with E-state index in [-0.39, 0.29) is 30.1 Å². The predicted molar refractivity (Wildman–Crippen MR) is 131 cm³/mol. The van der Waals surface area contributed by atoms with E-state index >= 15 is 0 Å². The normalized spacial score (nSPS) is 18.3. The lowest BCUT2D eigenvalue weighted by atomic mass is 9.91. The molecular weight excluding hydrogens is 489 g/mol. The van der Waals surface area contributed by atoms with Gasteiger partial charge in [-0.15, -0.1) is 0 Å². The third kappa shape index (κ3) is 6.47. The van der Waals surface area contributed by atoms with Crippen LogP contribution in [0.1, 0.15) is 38.7 Å². The van der Waals surface area contributed by atoms with Crippen LogP contribution in [0.4, 0.5) is 29.3 Å². The molecule has 1 amide bonds. The van der Waals surface area contributed by atoms with Crippen LogP contribution in [0.5, 0.6) is 5.75 Å². The number of hydrogen-bond donors (Lipinski definition) is 1. The first kappa shape index (κ1) is 26.6. The van der Waals surface area contributed by atoms with Gasteiger partial charge in [0.2, 0.25) is 5.60 Å². The lowest BCUT2D eigenvalue weighted by molar-refractivity contribution is -0.242. The molecule has 10 heteroatoms. The van der Waals surface area contributed by atoms with E-state index in [9.17, 15) is 22.8 Å². The van der Waals surface area contributed by atoms with Crippen molar-refractivity contribution in [3.63, 3.8) is 0 Å². The van der Waals surface area contributed by atoms with E-state index in [1.165, 1.54) is 7.11 Å². The molecule has 1 aliphatic heterocycles. The molecule has 37 heavy (non-hydrogen) atoms. The Morgan fingerprint density at radius 1 is 1.14 bits per heavy atom. The van der Waals surface area contributed by atoms with Crippen molar-refractivity contribution in [1.82, 2.24) is 0 Å². The molecule has 200 valence electrons. The average molecular weight is 521 g/mol. The summed E-state index contributed by atoms with van der Waals surface area (Å²) in [5.41, 5.74) is -0.635. The molecule has 1 fully saturated rings. The Kier molecular flexibility index (Phi) is 7.57. The lowest BCUT2D eigenvalue weighted by Gasteiger charge is -2.40. The second-order valence-electron chi connectivity index (χ2n) is 10.0. The van der Waals surface area contributed by atoms with Crippen molar-refractivity contribution in [2.75, 3.05) is 23.9 Å². The van der Waals surface area contributed by atoms with Crippen LogP contribution in [-0.2, 0) is 20.8 Å².